The summed E-state index contributed by atoms with van der Waals surface area (Å²) in [6, 6.07) is 4.63. The third-order valence-corrected chi connectivity index (χ3v) is 3.65. The Morgan fingerprint density at radius 2 is 2.24 bits per heavy atom. The molecule has 0 spiro atoms. The zero-order chi connectivity index (χ0) is 12.4. The Kier molecular flexibility index (Phi) is 3.57. The van der Waals surface area contributed by atoms with E-state index in [4.69, 9.17) is 11.6 Å². The molecule has 1 aromatic rings. The Hall–Kier alpha value is -1.22. The molecule has 1 saturated carbocycles. The van der Waals surface area contributed by atoms with Crippen LogP contribution in [0, 0.1) is 5.92 Å². The molecule has 1 aliphatic rings. The van der Waals surface area contributed by atoms with Gasteiger partial charge in [0.05, 0.1) is 5.56 Å². The normalized spacial score (nSPS) is 17.3. The van der Waals surface area contributed by atoms with Crippen LogP contribution in [-0.2, 0) is 0 Å². The van der Waals surface area contributed by atoms with Gasteiger partial charge in [-0.1, -0.05) is 18.0 Å². The highest BCUT2D eigenvalue weighted by molar-refractivity contribution is 6.31. The van der Waals surface area contributed by atoms with Gasteiger partial charge in [-0.2, -0.15) is 0 Å². The van der Waals surface area contributed by atoms with Gasteiger partial charge in [0.1, 0.15) is 5.75 Å². The molecule has 1 fully saturated rings. The summed E-state index contributed by atoms with van der Waals surface area (Å²) in [4.78, 5) is 11.9. The fourth-order valence-corrected chi connectivity index (χ4v) is 2.20. The molecule has 0 aliphatic heterocycles. The highest BCUT2D eigenvalue weighted by atomic mass is 35.5. The Morgan fingerprint density at radius 3 is 2.82 bits per heavy atom. The van der Waals surface area contributed by atoms with Crippen molar-refractivity contribution in [3.8, 4) is 5.75 Å². The minimum Gasteiger partial charge on any atom is -0.507 e. The Balaban J connectivity index is 2.05. The van der Waals surface area contributed by atoms with E-state index in [1.165, 1.54) is 31.4 Å². The van der Waals surface area contributed by atoms with Crippen molar-refractivity contribution in [1.82, 2.24) is 5.32 Å². The third kappa shape index (κ3) is 2.72. The van der Waals surface area contributed by atoms with Gasteiger partial charge in [-0.05, 0) is 43.9 Å². The second-order valence-corrected chi connectivity index (χ2v) is 5.05. The second-order valence-electron chi connectivity index (χ2n) is 4.61. The standard InChI is InChI=1S/C13H16ClNO2/c1-8(9-3-2-4-9)15-13(17)11-7-10(14)5-6-12(11)16/h5-9,16H,2-4H2,1H3,(H,15,17). The fraction of sp³-hybridized carbons (Fsp3) is 0.462. The summed E-state index contributed by atoms with van der Waals surface area (Å²) in [7, 11) is 0. The maximum atomic E-state index is 11.9. The summed E-state index contributed by atoms with van der Waals surface area (Å²) in [6.45, 7) is 2.00. The molecule has 4 heteroatoms. The molecule has 0 heterocycles. The van der Waals surface area contributed by atoms with Crippen molar-refractivity contribution in [1.29, 1.82) is 0 Å². The number of hydrogen-bond acceptors (Lipinski definition) is 2. The molecule has 1 aliphatic carbocycles. The summed E-state index contributed by atoms with van der Waals surface area (Å²) in [5, 5.41) is 13.0. The lowest BCUT2D eigenvalue weighted by molar-refractivity contribution is 0.0906. The number of rotatable bonds is 3. The van der Waals surface area contributed by atoms with Crippen LogP contribution in [0.4, 0.5) is 0 Å². The van der Waals surface area contributed by atoms with Crippen molar-refractivity contribution in [3.63, 3.8) is 0 Å². The van der Waals surface area contributed by atoms with E-state index in [2.05, 4.69) is 5.32 Å². The van der Waals surface area contributed by atoms with Crippen molar-refractivity contribution in [2.45, 2.75) is 32.2 Å². The van der Waals surface area contributed by atoms with E-state index in [-0.39, 0.29) is 23.3 Å². The van der Waals surface area contributed by atoms with E-state index < -0.39 is 0 Å². The van der Waals surface area contributed by atoms with Gasteiger partial charge in [0.2, 0.25) is 0 Å². The first-order chi connectivity index (χ1) is 8.08. The number of amides is 1. The number of hydrogen-bond donors (Lipinski definition) is 2. The van der Waals surface area contributed by atoms with Gasteiger partial charge >= 0.3 is 0 Å². The van der Waals surface area contributed by atoms with Crippen LogP contribution < -0.4 is 5.32 Å². The zero-order valence-electron chi connectivity index (χ0n) is 9.74. The number of carbonyl (C=O) groups is 1. The summed E-state index contributed by atoms with van der Waals surface area (Å²) >= 11 is 5.81. The monoisotopic (exact) mass is 253 g/mol. The van der Waals surface area contributed by atoms with Crippen LogP contribution in [0.25, 0.3) is 0 Å². The Labute approximate surface area is 106 Å². The number of nitrogens with one attached hydrogen (secondary N) is 1. The quantitative estimate of drug-likeness (QED) is 0.870. The SMILES string of the molecule is CC(NC(=O)c1cc(Cl)ccc1O)C1CCC1. The molecular formula is C13H16ClNO2. The predicted octanol–water partition coefficient (Wildman–Crippen LogP) is 2.96. The molecular weight excluding hydrogens is 238 g/mol. The van der Waals surface area contributed by atoms with Gasteiger partial charge in [0.15, 0.2) is 0 Å². The van der Waals surface area contributed by atoms with Crippen LogP contribution >= 0.6 is 11.6 Å². The van der Waals surface area contributed by atoms with Crippen LogP contribution in [0.5, 0.6) is 5.75 Å². The molecule has 0 bridgehead atoms. The van der Waals surface area contributed by atoms with Crippen molar-refractivity contribution >= 4 is 17.5 Å². The van der Waals surface area contributed by atoms with Crippen molar-refractivity contribution in [2.24, 2.45) is 5.92 Å². The molecule has 1 aromatic carbocycles. The van der Waals surface area contributed by atoms with E-state index in [9.17, 15) is 9.90 Å². The molecule has 0 radical (unpaired) electrons. The first-order valence-corrected chi connectivity index (χ1v) is 6.25. The maximum absolute atomic E-state index is 11.9. The lowest BCUT2D eigenvalue weighted by Gasteiger charge is -2.31. The van der Waals surface area contributed by atoms with E-state index >= 15 is 0 Å². The first kappa shape index (κ1) is 12.2. The largest absolute Gasteiger partial charge is 0.507 e. The van der Waals surface area contributed by atoms with Crippen LogP contribution in [0.1, 0.15) is 36.5 Å². The minimum atomic E-state index is -0.260. The van der Waals surface area contributed by atoms with E-state index in [1.54, 1.807) is 6.07 Å². The Morgan fingerprint density at radius 1 is 1.53 bits per heavy atom. The molecule has 1 unspecified atom stereocenters. The number of phenolic OH excluding ortho intramolecular Hbond substituents is 1. The number of benzene rings is 1. The molecule has 1 atom stereocenters. The Bertz CT molecular complexity index is 429. The first-order valence-electron chi connectivity index (χ1n) is 5.87. The third-order valence-electron chi connectivity index (χ3n) is 3.42. The number of halogens is 1. The minimum absolute atomic E-state index is 0.0345. The van der Waals surface area contributed by atoms with Crippen LogP contribution in [0.15, 0.2) is 18.2 Å². The van der Waals surface area contributed by atoms with Gasteiger partial charge in [-0.15, -0.1) is 0 Å². The number of phenols is 1. The van der Waals surface area contributed by atoms with Crippen molar-refractivity contribution in [3.05, 3.63) is 28.8 Å². The van der Waals surface area contributed by atoms with E-state index in [0.29, 0.717) is 10.9 Å². The number of aromatic hydroxyl groups is 1. The average molecular weight is 254 g/mol. The highest BCUT2D eigenvalue weighted by Gasteiger charge is 2.25. The van der Waals surface area contributed by atoms with Gasteiger partial charge in [0, 0.05) is 11.1 Å². The fourth-order valence-electron chi connectivity index (χ4n) is 2.03. The van der Waals surface area contributed by atoms with Crippen LogP contribution in [-0.4, -0.2) is 17.1 Å². The lowest BCUT2D eigenvalue weighted by atomic mass is 9.80. The van der Waals surface area contributed by atoms with Crippen LogP contribution in [0.3, 0.4) is 0 Å². The lowest BCUT2D eigenvalue weighted by Crippen LogP contribution is -2.40. The summed E-state index contributed by atoms with van der Waals surface area (Å²) in [5.41, 5.74) is 0.240. The molecule has 2 N–H and O–H groups in total. The maximum Gasteiger partial charge on any atom is 0.255 e. The van der Waals surface area contributed by atoms with Gasteiger partial charge in [-0.3, -0.25) is 4.79 Å². The van der Waals surface area contributed by atoms with Gasteiger partial charge in [0.25, 0.3) is 5.91 Å². The molecule has 0 saturated heterocycles. The summed E-state index contributed by atoms with van der Waals surface area (Å²) in [6.07, 6.45) is 3.58. The van der Waals surface area contributed by atoms with E-state index in [0.717, 1.165) is 0 Å². The molecule has 3 nitrogen and oxygen atoms in total. The zero-order valence-corrected chi connectivity index (χ0v) is 10.5. The molecule has 17 heavy (non-hydrogen) atoms. The molecule has 1 amide bonds. The molecule has 2 rings (SSSR count). The highest BCUT2D eigenvalue weighted by Crippen LogP contribution is 2.30. The number of carbonyl (C=O) groups excluding carboxylic acids is 1. The average Bonchev–Trinajstić information content (AvgIpc) is 2.18. The van der Waals surface area contributed by atoms with Gasteiger partial charge < -0.3 is 10.4 Å². The van der Waals surface area contributed by atoms with Crippen molar-refractivity contribution in [2.75, 3.05) is 0 Å². The summed E-state index contributed by atoms with van der Waals surface area (Å²) in [5.74, 6) is 0.275. The molecule has 92 valence electrons. The van der Waals surface area contributed by atoms with Gasteiger partial charge in [-0.25, -0.2) is 0 Å². The summed E-state index contributed by atoms with van der Waals surface area (Å²) < 4.78 is 0. The van der Waals surface area contributed by atoms with Crippen LogP contribution in [0.2, 0.25) is 5.02 Å². The second kappa shape index (κ2) is 4.96. The topological polar surface area (TPSA) is 49.3 Å². The molecule has 0 aromatic heterocycles. The predicted molar refractivity (Wildman–Crippen MR) is 67.4 cm³/mol. The van der Waals surface area contributed by atoms with Crippen molar-refractivity contribution < 1.29 is 9.90 Å². The smallest absolute Gasteiger partial charge is 0.255 e. The van der Waals surface area contributed by atoms with E-state index in [1.807, 2.05) is 6.92 Å².